The molecule has 1 aliphatic heterocycles. The van der Waals surface area contributed by atoms with Crippen LogP contribution in [-0.4, -0.2) is 70.9 Å². The Labute approximate surface area is 204 Å². The van der Waals surface area contributed by atoms with E-state index in [1.807, 2.05) is 12.1 Å². The van der Waals surface area contributed by atoms with E-state index in [9.17, 15) is 4.39 Å². The number of nitrogens with one attached hydrogen (secondary N) is 2. The zero-order chi connectivity index (χ0) is 21.4. The lowest BCUT2D eigenvalue weighted by atomic mass is 9.67. The number of piperazine rings is 1. The van der Waals surface area contributed by atoms with Gasteiger partial charge in [-0.25, -0.2) is 4.39 Å². The molecule has 0 amide bonds. The van der Waals surface area contributed by atoms with Gasteiger partial charge in [0.15, 0.2) is 5.96 Å². The third kappa shape index (κ3) is 7.18. The predicted octanol–water partition coefficient (Wildman–Crippen LogP) is 3.46. The third-order valence-electron chi connectivity index (χ3n) is 6.74. The van der Waals surface area contributed by atoms with E-state index in [1.165, 1.54) is 19.3 Å². The van der Waals surface area contributed by atoms with Gasteiger partial charge in [0.25, 0.3) is 0 Å². The molecule has 6 nitrogen and oxygen atoms in total. The molecule has 2 N–H and O–H groups in total. The molecule has 0 spiro atoms. The van der Waals surface area contributed by atoms with Gasteiger partial charge < -0.3 is 25.2 Å². The maximum Gasteiger partial charge on any atom is 0.191 e. The lowest BCUT2D eigenvalue weighted by Crippen LogP contribution is -2.46. The number of hydrogen-bond donors (Lipinski definition) is 2. The Bertz CT molecular complexity index is 705. The van der Waals surface area contributed by atoms with Crippen molar-refractivity contribution in [2.24, 2.45) is 10.4 Å². The Morgan fingerprint density at radius 1 is 1.19 bits per heavy atom. The van der Waals surface area contributed by atoms with Crippen LogP contribution in [0.4, 0.5) is 10.1 Å². The van der Waals surface area contributed by atoms with Crippen molar-refractivity contribution in [1.82, 2.24) is 15.5 Å². The topological polar surface area (TPSA) is 52.1 Å². The molecule has 0 unspecified atom stereocenters. The smallest absolute Gasteiger partial charge is 0.191 e. The first-order chi connectivity index (χ1) is 14.6. The fraction of sp³-hybridized carbons (Fsp3) is 0.696. The fourth-order valence-corrected chi connectivity index (χ4v) is 4.41. The van der Waals surface area contributed by atoms with Gasteiger partial charge >= 0.3 is 0 Å². The summed E-state index contributed by atoms with van der Waals surface area (Å²) in [5.41, 5.74) is 1.95. The molecule has 1 aromatic rings. The number of rotatable bonds is 9. The van der Waals surface area contributed by atoms with Crippen molar-refractivity contribution in [2.75, 3.05) is 64.9 Å². The van der Waals surface area contributed by atoms with E-state index in [2.05, 4.69) is 32.3 Å². The molecular weight excluding hydrogens is 508 g/mol. The first-order valence-corrected chi connectivity index (χ1v) is 11.3. The number of ether oxygens (including phenoxy) is 1. The Kier molecular flexibility index (Phi) is 10.8. The molecule has 0 aromatic heterocycles. The second-order valence-electron chi connectivity index (χ2n) is 8.58. The summed E-state index contributed by atoms with van der Waals surface area (Å²) in [7, 11) is 3.54. The van der Waals surface area contributed by atoms with Crippen LogP contribution in [0.3, 0.4) is 0 Å². The molecule has 1 aliphatic carbocycles. The van der Waals surface area contributed by atoms with Gasteiger partial charge in [0.1, 0.15) is 5.82 Å². The highest BCUT2D eigenvalue weighted by atomic mass is 127. The molecule has 176 valence electrons. The second-order valence-corrected chi connectivity index (χ2v) is 8.58. The van der Waals surface area contributed by atoms with Gasteiger partial charge in [0, 0.05) is 60.0 Å². The number of methoxy groups -OCH3 is 1. The van der Waals surface area contributed by atoms with Gasteiger partial charge in [-0.2, -0.15) is 0 Å². The third-order valence-corrected chi connectivity index (χ3v) is 6.74. The van der Waals surface area contributed by atoms with Crippen LogP contribution in [0.25, 0.3) is 0 Å². The number of halogens is 2. The van der Waals surface area contributed by atoms with E-state index >= 15 is 0 Å². The van der Waals surface area contributed by atoms with Crippen molar-refractivity contribution in [1.29, 1.82) is 0 Å². The number of likely N-dealkylation sites (N-methyl/N-ethyl adjacent to an activating group) is 1. The van der Waals surface area contributed by atoms with Gasteiger partial charge in [-0.3, -0.25) is 4.99 Å². The maximum atomic E-state index is 14.8. The monoisotopic (exact) mass is 547 g/mol. The number of aliphatic imine (C=N–C) groups is 1. The van der Waals surface area contributed by atoms with Gasteiger partial charge in [-0.1, -0.05) is 19.4 Å². The van der Waals surface area contributed by atoms with Crippen molar-refractivity contribution in [2.45, 2.75) is 39.2 Å². The summed E-state index contributed by atoms with van der Waals surface area (Å²) in [6.45, 7) is 9.22. The van der Waals surface area contributed by atoms with Crippen molar-refractivity contribution in [3.05, 3.63) is 29.6 Å². The highest BCUT2D eigenvalue weighted by molar-refractivity contribution is 14.0. The van der Waals surface area contributed by atoms with Gasteiger partial charge in [-0.15, -0.1) is 24.0 Å². The fourth-order valence-electron chi connectivity index (χ4n) is 4.41. The van der Waals surface area contributed by atoms with E-state index in [1.54, 1.807) is 20.2 Å². The standard InChI is InChI=1S/C23H38FN5O.HI/c1-4-28-11-13-29(14-12-28)21-7-6-19(16-20(21)24)17-26-22(25-2)27-18-23(8-5-9-23)10-15-30-3;/h6-7,16H,4-5,8-15,17-18H2,1-3H3,(H2,25,26,27);1H. The average molecular weight is 548 g/mol. The van der Waals surface area contributed by atoms with Gasteiger partial charge in [0.2, 0.25) is 0 Å². The zero-order valence-electron chi connectivity index (χ0n) is 19.3. The van der Waals surface area contributed by atoms with Gasteiger partial charge in [-0.05, 0) is 48.9 Å². The minimum Gasteiger partial charge on any atom is -0.385 e. The molecule has 0 radical (unpaired) electrons. The number of guanidine groups is 1. The van der Waals surface area contributed by atoms with E-state index in [4.69, 9.17) is 4.74 Å². The normalized spacial score (nSPS) is 18.8. The average Bonchev–Trinajstić information content (AvgIpc) is 2.75. The van der Waals surface area contributed by atoms with Crippen LogP contribution in [0.5, 0.6) is 0 Å². The molecule has 1 saturated carbocycles. The molecular formula is C23H39FIN5O. The summed E-state index contributed by atoms with van der Waals surface area (Å²) in [5, 5.41) is 6.78. The summed E-state index contributed by atoms with van der Waals surface area (Å²) in [6, 6.07) is 5.57. The number of hydrogen-bond acceptors (Lipinski definition) is 4. The first-order valence-electron chi connectivity index (χ1n) is 11.3. The highest BCUT2D eigenvalue weighted by Crippen LogP contribution is 2.43. The molecule has 8 heteroatoms. The number of nitrogens with zero attached hydrogens (tertiary/aromatic N) is 3. The van der Waals surface area contributed by atoms with Crippen LogP contribution in [0.2, 0.25) is 0 Å². The summed E-state index contributed by atoms with van der Waals surface area (Å²) >= 11 is 0. The highest BCUT2D eigenvalue weighted by Gasteiger charge is 2.36. The summed E-state index contributed by atoms with van der Waals surface area (Å²) in [4.78, 5) is 8.88. The van der Waals surface area contributed by atoms with Crippen LogP contribution in [0.15, 0.2) is 23.2 Å². The molecule has 3 rings (SSSR count). The first kappa shape index (κ1) is 26.1. The number of anilines is 1. The van der Waals surface area contributed by atoms with E-state index in [0.29, 0.717) is 17.6 Å². The Morgan fingerprint density at radius 3 is 2.48 bits per heavy atom. The van der Waals surface area contributed by atoms with Crippen molar-refractivity contribution in [3.8, 4) is 0 Å². The van der Waals surface area contributed by atoms with E-state index in [-0.39, 0.29) is 29.8 Å². The lowest BCUT2D eigenvalue weighted by Gasteiger charge is -2.42. The van der Waals surface area contributed by atoms with Crippen LogP contribution in [0.1, 0.15) is 38.2 Å². The largest absolute Gasteiger partial charge is 0.385 e. The molecule has 0 bridgehead atoms. The quantitative estimate of drug-likeness (QED) is 0.282. The molecule has 0 atom stereocenters. The SMILES string of the molecule is CCN1CCN(c2ccc(CNC(=NC)NCC3(CCOC)CCC3)cc2F)CC1.I. The van der Waals surface area contributed by atoms with Crippen LogP contribution in [0, 0.1) is 11.2 Å². The maximum absolute atomic E-state index is 14.8. The predicted molar refractivity (Wildman–Crippen MR) is 137 cm³/mol. The van der Waals surface area contributed by atoms with Crippen LogP contribution in [-0.2, 0) is 11.3 Å². The van der Waals surface area contributed by atoms with Crippen molar-refractivity contribution >= 4 is 35.6 Å². The lowest BCUT2D eigenvalue weighted by molar-refractivity contribution is 0.0732. The van der Waals surface area contributed by atoms with Crippen LogP contribution < -0.4 is 15.5 Å². The van der Waals surface area contributed by atoms with Crippen molar-refractivity contribution in [3.63, 3.8) is 0 Å². The molecule has 1 saturated heterocycles. The molecule has 2 aliphatic rings. The molecule has 1 heterocycles. The molecule has 31 heavy (non-hydrogen) atoms. The number of benzene rings is 1. The Balaban J connectivity index is 0.00000341. The second kappa shape index (κ2) is 12.8. The summed E-state index contributed by atoms with van der Waals surface area (Å²) in [5.74, 6) is 0.619. The van der Waals surface area contributed by atoms with E-state index in [0.717, 1.165) is 63.8 Å². The summed E-state index contributed by atoms with van der Waals surface area (Å²) in [6.07, 6.45) is 4.84. The minimum absolute atomic E-state index is 0. The zero-order valence-corrected chi connectivity index (χ0v) is 21.6. The van der Waals surface area contributed by atoms with Crippen molar-refractivity contribution < 1.29 is 9.13 Å². The van der Waals surface area contributed by atoms with Gasteiger partial charge in [0.05, 0.1) is 5.69 Å². The summed E-state index contributed by atoms with van der Waals surface area (Å²) < 4.78 is 20.0. The molecule has 2 fully saturated rings. The Morgan fingerprint density at radius 2 is 1.94 bits per heavy atom. The van der Waals surface area contributed by atoms with Crippen LogP contribution >= 0.6 is 24.0 Å². The Hall–Kier alpha value is -1.13. The minimum atomic E-state index is -0.143. The van der Waals surface area contributed by atoms with E-state index < -0.39 is 0 Å². The molecule has 1 aromatic carbocycles.